The molecule has 0 amide bonds. The predicted octanol–water partition coefficient (Wildman–Crippen LogP) is 3.84. The molecule has 3 nitrogen and oxygen atoms in total. The van der Waals surface area contributed by atoms with Crippen molar-refractivity contribution < 1.29 is 9.47 Å². The molecule has 0 bridgehead atoms. The zero-order valence-corrected chi connectivity index (χ0v) is 13.9. The fourth-order valence-corrected chi connectivity index (χ4v) is 3.20. The molecular formula is C20H25NO2. The number of hydrogen-bond donors (Lipinski definition) is 0. The van der Waals surface area contributed by atoms with E-state index in [0.29, 0.717) is 18.8 Å². The Morgan fingerprint density at radius 3 is 2.35 bits per heavy atom. The fourth-order valence-electron chi connectivity index (χ4n) is 3.20. The Morgan fingerprint density at radius 2 is 1.61 bits per heavy atom. The number of rotatable bonds is 5. The second kappa shape index (κ2) is 7.62. The van der Waals surface area contributed by atoms with Crippen LogP contribution in [0.5, 0.6) is 5.75 Å². The van der Waals surface area contributed by atoms with Crippen molar-refractivity contribution in [3.8, 4) is 16.9 Å². The Hall–Kier alpha value is -1.84. The van der Waals surface area contributed by atoms with Crippen LogP contribution < -0.4 is 4.74 Å². The van der Waals surface area contributed by atoms with Gasteiger partial charge in [-0.05, 0) is 25.5 Å². The Kier molecular flexibility index (Phi) is 5.31. The van der Waals surface area contributed by atoms with Gasteiger partial charge in [0.15, 0.2) is 0 Å². The Bertz CT molecular complexity index is 604. The molecule has 0 aromatic heterocycles. The van der Waals surface area contributed by atoms with Gasteiger partial charge in [0.2, 0.25) is 0 Å². The van der Waals surface area contributed by atoms with Gasteiger partial charge in [-0.15, -0.1) is 0 Å². The summed E-state index contributed by atoms with van der Waals surface area (Å²) in [6, 6.07) is 18.6. The molecule has 2 atom stereocenters. The Balaban J connectivity index is 1.61. The lowest BCUT2D eigenvalue weighted by molar-refractivity contribution is -0.0699. The monoisotopic (exact) mass is 311 g/mol. The van der Waals surface area contributed by atoms with E-state index in [9.17, 15) is 0 Å². The van der Waals surface area contributed by atoms with Gasteiger partial charge in [0, 0.05) is 25.2 Å². The zero-order valence-electron chi connectivity index (χ0n) is 13.9. The standard InChI is InChI=1S/C20H25NO2/c1-16-14-21(15-17(2)23-16)12-13-22-20-11-7-6-10-19(20)18-8-4-3-5-9-18/h3-11,16-17H,12-15H2,1-2H3/t16-,17-/m1/s1. The second-order valence-electron chi connectivity index (χ2n) is 6.23. The van der Waals surface area contributed by atoms with Crippen molar-refractivity contribution in [3.63, 3.8) is 0 Å². The Labute approximate surface area is 138 Å². The van der Waals surface area contributed by atoms with E-state index in [1.165, 1.54) is 5.56 Å². The highest BCUT2D eigenvalue weighted by molar-refractivity contribution is 5.70. The molecule has 0 unspecified atom stereocenters. The molecule has 3 heteroatoms. The molecule has 3 rings (SSSR count). The molecule has 0 N–H and O–H groups in total. The average molecular weight is 311 g/mol. The van der Waals surface area contributed by atoms with Crippen LogP contribution in [0.4, 0.5) is 0 Å². The molecule has 0 radical (unpaired) electrons. The van der Waals surface area contributed by atoms with Crippen LogP contribution in [0.15, 0.2) is 54.6 Å². The van der Waals surface area contributed by atoms with E-state index in [4.69, 9.17) is 9.47 Å². The highest BCUT2D eigenvalue weighted by Crippen LogP contribution is 2.29. The van der Waals surface area contributed by atoms with Crippen molar-refractivity contribution in [1.82, 2.24) is 4.90 Å². The third-order valence-electron chi connectivity index (χ3n) is 4.13. The van der Waals surface area contributed by atoms with Gasteiger partial charge in [0.05, 0.1) is 12.2 Å². The van der Waals surface area contributed by atoms with Crippen molar-refractivity contribution in [2.24, 2.45) is 0 Å². The van der Waals surface area contributed by atoms with Crippen molar-refractivity contribution in [2.75, 3.05) is 26.2 Å². The highest BCUT2D eigenvalue weighted by Gasteiger charge is 2.21. The maximum absolute atomic E-state index is 6.08. The lowest BCUT2D eigenvalue weighted by Crippen LogP contribution is -2.46. The van der Waals surface area contributed by atoms with Crippen molar-refractivity contribution in [1.29, 1.82) is 0 Å². The molecule has 1 fully saturated rings. The maximum atomic E-state index is 6.08. The number of nitrogens with zero attached hydrogens (tertiary/aromatic N) is 1. The van der Waals surface area contributed by atoms with Crippen LogP contribution in [0.3, 0.4) is 0 Å². The summed E-state index contributed by atoms with van der Waals surface area (Å²) in [5.74, 6) is 0.952. The van der Waals surface area contributed by atoms with Crippen LogP contribution in [0.25, 0.3) is 11.1 Å². The lowest BCUT2D eigenvalue weighted by Gasteiger charge is -2.35. The molecule has 0 spiro atoms. The van der Waals surface area contributed by atoms with Crippen LogP contribution in [0, 0.1) is 0 Å². The summed E-state index contributed by atoms with van der Waals surface area (Å²) >= 11 is 0. The molecule has 0 aliphatic carbocycles. The van der Waals surface area contributed by atoms with E-state index >= 15 is 0 Å². The van der Waals surface area contributed by atoms with Gasteiger partial charge in [-0.3, -0.25) is 4.90 Å². The quantitative estimate of drug-likeness (QED) is 0.837. The molecule has 122 valence electrons. The number of benzene rings is 2. The van der Waals surface area contributed by atoms with E-state index in [1.807, 2.05) is 18.2 Å². The van der Waals surface area contributed by atoms with Crippen LogP contribution in [-0.4, -0.2) is 43.3 Å². The zero-order chi connectivity index (χ0) is 16.1. The maximum Gasteiger partial charge on any atom is 0.127 e. The predicted molar refractivity (Wildman–Crippen MR) is 93.8 cm³/mol. The van der Waals surface area contributed by atoms with E-state index in [2.05, 4.69) is 55.1 Å². The van der Waals surface area contributed by atoms with Gasteiger partial charge < -0.3 is 9.47 Å². The third-order valence-corrected chi connectivity index (χ3v) is 4.13. The lowest BCUT2D eigenvalue weighted by atomic mass is 10.1. The number of morpholine rings is 1. The van der Waals surface area contributed by atoms with E-state index in [0.717, 1.165) is 30.9 Å². The molecular weight excluding hydrogens is 286 g/mol. The first kappa shape index (κ1) is 16.0. The first-order valence-electron chi connectivity index (χ1n) is 8.37. The summed E-state index contributed by atoms with van der Waals surface area (Å²) in [5, 5.41) is 0. The highest BCUT2D eigenvalue weighted by atomic mass is 16.5. The minimum atomic E-state index is 0.301. The first-order valence-corrected chi connectivity index (χ1v) is 8.37. The normalized spacial score (nSPS) is 22.0. The summed E-state index contributed by atoms with van der Waals surface area (Å²) < 4.78 is 11.9. The van der Waals surface area contributed by atoms with Gasteiger partial charge in [-0.25, -0.2) is 0 Å². The molecule has 2 aromatic rings. The molecule has 2 aromatic carbocycles. The molecule has 1 aliphatic rings. The van der Waals surface area contributed by atoms with Gasteiger partial charge in [-0.1, -0.05) is 48.5 Å². The summed E-state index contributed by atoms with van der Waals surface area (Å²) in [7, 11) is 0. The largest absolute Gasteiger partial charge is 0.492 e. The van der Waals surface area contributed by atoms with Crippen LogP contribution in [-0.2, 0) is 4.74 Å². The summed E-state index contributed by atoms with van der Waals surface area (Å²) in [6.45, 7) is 7.86. The van der Waals surface area contributed by atoms with Gasteiger partial charge in [0.25, 0.3) is 0 Å². The van der Waals surface area contributed by atoms with Crippen molar-refractivity contribution >= 4 is 0 Å². The molecule has 0 saturated carbocycles. The number of hydrogen-bond acceptors (Lipinski definition) is 3. The van der Waals surface area contributed by atoms with Crippen LogP contribution in [0.2, 0.25) is 0 Å². The minimum absolute atomic E-state index is 0.301. The first-order chi connectivity index (χ1) is 11.2. The van der Waals surface area contributed by atoms with Crippen LogP contribution >= 0.6 is 0 Å². The number of para-hydroxylation sites is 1. The SMILES string of the molecule is C[C@@H]1CN(CCOc2ccccc2-c2ccccc2)C[C@@H](C)O1. The average Bonchev–Trinajstić information content (AvgIpc) is 2.55. The van der Waals surface area contributed by atoms with Gasteiger partial charge >= 0.3 is 0 Å². The van der Waals surface area contributed by atoms with E-state index in [1.54, 1.807) is 0 Å². The second-order valence-corrected chi connectivity index (χ2v) is 6.23. The van der Waals surface area contributed by atoms with Crippen LogP contribution in [0.1, 0.15) is 13.8 Å². The number of ether oxygens (including phenoxy) is 2. The molecule has 23 heavy (non-hydrogen) atoms. The van der Waals surface area contributed by atoms with E-state index < -0.39 is 0 Å². The summed E-state index contributed by atoms with van der Waals surface area (Å²) in [6.07, 6.45) is 0.603. The Morgan fingerprint density at radius 1 is 0.957 bits per heavy atom. The smallest absolute Gasteiger partial charge is 0.127 e. The van der Waals surface area contributed by atoms with Crippen molar-refractivity contribution in [2.45, 2.75) is 26.1 Å². The van der Waals surface area contributed by atoms with Crippen molar-refractivity contribution in [3.05, 3.63) is 54.6 Å². The van der Waals surface area contributed by atoms with Gasteiger partial charge in [0.1, 0.15) is 12.4 Å². The third kappa shape index (κ3) is 4.34. The molecule has 1 aliphatic heterocycles. The molecule has 1 heterocycles. The molecule has 1 saturated heterocycles. The minimum Gasteiger partial charge on any atom is -0.492 e. The topological polar surface area (TPSA) is 21.7 Å². The van der Waals surface area contributed by atoms with E-state index in [-0.39, 0.29) is 0 Å². The fraction of sp³-hybridized carbons (Fsp3) is 0.400. The summed E-state index contributed by atoms with van der Waals surface area (Å²) in [4.78, 5) is 2.42. The van der Waals surface area contributed by atoms with Gasteiger partial charge in [-0.2, -0.15) is 0 Å². The summed E-state index contributed by atoms with van der Waals surface area (Å²) in [5.41, 5.74) is 2.34.